The number of aromatic nitrogens is 2. The van der Waals surface area contributed by atoms with E-state index in [0.29, 0.717) is 18.1 Å². The Morgan fingerprint density at radius 2 is 2.16 bits per heavy atom. The molecule has 1 fully saturated rings. The number of amides is 2. The third kappa shape index (κ3) is 3.25. The average molecular weight is 375 g/mol. The van der Waals surface area contributed by atoms with Gasteiger partial charge in [-0.3, -0.25) is 14.0 Å². The monoisotopic (exact) mass is 374 g/mol. The maximum atomic E-state index is 12.4. The van der Waals surface area contributed by atoms with Crippen LogP contribution in [0.5, 0.6) is 0 Å². The van der Waals surface area contributed by atoms with E-state index in [9.17, 15) is 9.59 Å². The SMILES string of the molecule is O=C(NCc1cn2ccsc2n1)C1CC(=O)N(c2ccc(Cl)cc2)C1. The summed E-state index contributed by atoms with van der Waals surface area (Å²) < 4.78 is 1.92. The van der Waals surface area contributed by atoms with Crippen molar-refractivity contribution in [2.24, 2.45) is 5.92 Å². The summed E-state index contributed by atoms with van der Waals surface area (Å²) in [6.07, 6.45) is 4.04. The molecule has 0 bridgehead atoms. The van der Waals surface area contributed by atoms with Crippen LogP contribution in [0.25, 0.3) is 4.96 Å². The average Bonchev–Trinajstić information content (AvgIpc) is 3.28. The highest BCUT2D eigenvalue weighted by Crippen LogP contribution is 2.26. The number of benzene rings is 1. The minimum atomic E-state index is -0.355. The van der Waals surface area contributed by atoms with Gasteiger partial charge in [-0.25, -0.2) is 4.98 Å². The molecule has 3 aromatic rings. The van der Waals surface area contributed by atoms with Gasteiger partial charge in [-0.05, 0) is 24.3 Å². The minimum Gasteiger partial charge on any atom is -0.350 e. The number of fused-ring (bicyclic) bond motifs is 1. The van der Waals surface area contributed by atoms with Crippen molar-refractivity contribution in [1.82, 2.24) is 14.7 Å². The van der Waals surface area contributed by atoms with Crippen LogP contribution >= 0.6 is 22.9 Å². The smallest absolute Gasteiger partial charge is 0.227 e. The molecule has 4 rings (SSSR count). The van der Waals surface area contributed by atoms with E-state index in [-0.39, 0.29) is 24.2 Å². The molecule has 1 aliphatic rings. The van der Waals surface area contributed by atoms with Crippen LogP contribution in [-0.4, -0.2) is 27.7 Å². The fourth-order valence-electron chi connectivity index (χ4n) is 2.94. The molecule has 1 unspecified atom stereocenters. The second-order valence-electron chi connectivity index (χ2n) is 5.92. The molecule has 1 aliphatic heterocycles. The molecule has 1 saturated heterocycles. The van der Waals surface area contributed by atoms with Crippen molar-refractivity contribution in [2.45, 2.75) is 13.0 Å². The Morgan fingerprint density at radius 3 is 2.92 bits per heavy atom. The van der Waals surface area contributed by atoms with Gasteiger partial charge in [-0.1, -0.05) is 11.6 Å². The van der Waals surface area contributed by atoms with Crippen molar-refractivity contribution in [2.75, 3.05) is 11.4 Å². The molecule has 1 N–H and O–H groups in total. The third-order valence-corrected chi connectivity index (χ3v) is 5.24. The van der Waals surface area contributed by atoms with Gasteiger partial charge in [0.15, 0.2) is 4.96 Å². The standard InChI is InChI=1S/C17H15ClN4O2S/c18-12-1-3-14(4-2-12)22-9-11(7-15(22)23)16(24)19-8-13-10-21-5-6-25-17(21)20-13/h1-6,10-11H,7-9H2,(H,19,24). The molecular weight excluding hydrogens is 360 g/mol. The van der Waals surface area contributed by atoms with E-state index in [1.165, 1.54) is 0 Å². The van der Waals surface area contributed by atoms with E-state index in [1.54, 1.807) is 40.5 Å². The molecule has 0 spiro atoms. The Balaban J connectivity index is 1.38. The molecule has 6 nitrogen and oxygen atoms in total. The largest absolute Gasteiger partial charge is 0.350 e. The molecule has 3 heterocycles. The van der Waals surface area contributed by atoms with E-state index in [0.717, 1.165) is 16.3 Å². The Hall–Kier alpha value is -2.38. The minimum absolute atomic E-state index is 0.0509. The maximum absolute atomic E-state index is 12.4. The maximum Gasteiger partial charge on any atom is 0.227 e. The summed E-state index contributed by atoms with van der Waals surface area (Å²) >= 11 is 7.43. The van der Waals surface area contributed by atoms with Gasteiger partial charge in [0, 0.05) is 41.4 Å². The molecule has 1 atom stereocenters. The van der Waals surface area contributed by atoms with Crippen LogP contribution in [0, 0.1) is 5.92 Å². The molecule has 2 amide bonds. The van der Waals surface area contributed by atoms with Crippen molar-refractivity contribution in [3.63, 3.8) is 0 Å². The van der Waals surface area contributed by atoms with E-state index in [2.05, 4.69) is 10.3 Å². The van der Waals surface area contributed by atoms with E-state index in [1.807, 2.05) is 22.2 Å². The van der Waals surface area contributed by atoms with Gasteiger partial charge < -0.3 is 10.2 Å². The summed E-state index contributed by atoms with van der Waals surface area (Å²) in [7, 11) is 0. The molecule has 0 radical (unpaired) electrons. The zero-order chi connectivity index (χ0) is 17.4. The number of hydrogen-bond acceptors (Lipinski definition) is 4. The first-order chi connectivity index (χ1) is 12.1. The normalized spacial score (nSPS) is 17.4. The lowest BCUT2D eigenvalue weighted by Crippen LogP contribution is -2.32. The van der Waals surface area contributed by atoms with Crippen molar-refractivity contribution >= 4 is 45.4 Å². The van der Waals surface area contributed by atoms with E-state index < -0.39 is 0 Å². The van der Waals surface area contributed by atoms with E-state index >= 15 is 0 Å². The van der Waals surface area contributed by atoms with Crippen LogP contribution < -0.4 is 10.2 Å². The first kappa shape index (κ1) is 16.1. The summed E-state index contributed by atoms with van der Waals surface area (Å²) in [5.41, 5.74) is 1.57. The van der Waals surface area contributed by atoms with Crippen molar-refractivity contribution in [3.05, 3.63) is 52.8 Å². The van der Waals surface area contributed by atoms with Crippen molar-refractivity contribution in [3.8, 4) is 0 Å². The quantitative estimate of drug-likeness (QED) is 0.763. The summed E-state index contributed by atoms with van der Waals surface area (Å²) in [6.45, 7) is 0.740. The molecule has 8 heteroatoms. The summed E-state index contributed by atoms with van der Waals surface area (Å²) in [5.74, 6) is -0.530. The summed E-state index contributed by atoms with van der Waals surface area (Å²) in [6, 6.07) is 7.06. The number of halogens is 1. The van der Waals surface area contributed by atoms with Gasteiger partial charge in [0.2, 0.25) is 11.8 Å². The number of thiazole rings is 1. The lowest BCUT2D eigenvalue weighted by molar-refractivity contribution is -0.126. The first-order valence-corrected chi connectivity index (χ1v) is 9.10. The number of anilines is 1. The summed E-state index contributed by atoms with van der Waals surface area (Å²) in [5, 5.41) is 5.46. The lowest BCUT2D eigenvalue weighted by atomic mass is 10.1. The number of nitrogens with zero attached hydrogens (tertiary/aromatic N) is 3. The van der Waals surface area contributed by atoms with Crippen molar-refractivity contribution in [1.29, 1.82) is 0 Å². The molecule has 0 aliphatic carbocycles. The van der Waals surface area contributed by atoms with Gasteiger partial charge in [0.05, 0.1) is 18.2 Å². The van der Waals surface area contributed by atoms with Gasteiger partial charge in [-0.2, -0.15) is 0 Å². The van der Waals surface area contributed by atoms with Crippen LogP contribution in [0.15, 0.2) is 42.0 Å². The van der Waals surface area contributed by atoms with Crippen LogP contribution in [0.3, 0.4) is 0 Å². The second-order valence-corrected chi connectivity index (χ2v) is 7.23. The van der Waals surface area contributed by atoms with Gasteiger partial charge >= 0.3 is 0 Å². The van der Waals surface area contributed by atoms with Gasteiger partial charge in [0.25, 0.3) is 0 Å². The number of carbonyl (C=O) groups excluding carboxylic acids is 2. The highest BCUT2D eigenvalue weighted by molar-refractivity contribution is 7.15. The number of rotatable bonds is 4. The molecule has 2 aromatic heterocycles. The molecule has 25 heavy (non-hydrogen) atoms. The van der Waals surface area contributed by atoms with Crippen LogP contribution in [0.1, 0.15) is 12.1 Å². The lowest BCUT2D eigenvalue weighted by Gasteiger charge is -2.16. The molecular formula is C17H15ClN4O2S. The van der Waals surface area contributed by atoms with Gasteiger partial charge in [-0.15, -0.1) is 11.3 Å². The fourth-order valence-corrected chi connectivity index (χ4v) is 3.78. The van der Waals surface area contributed by atoms with E-state index in [4.69, 9.17) is 11.6 Å². The van der Waals surface area contributed by atoms with Crippen LogP contribution in [-0.2, 0) is 16.1 Å². The highest BCUT2D eigenvalue weighted by atomic mass is 35.5. The zero-order valence-corrected chi connectivity index (χ0v) is 14.8. The van der Waals surface area contributed by atoms with Crippen molar-refractivity contribution < 1.29 is 9.59 Å². The number of hydrogen-bond donors (Lipinski definition) is 1. The van der Waals surface area contributed by atoms with Crippen LogP contribution in [0.4, 0.5) is 5.69 Å². The Kier molecular flexibility index (Phi) is 4.19. The van der Waals surface area contributed by atoms with Gasteiger partial charge in [0.1, 0.15) is 0 Å². The second kappa shape index (κ2) is 6.50. The highest BCUT2D eigenvalue weighted by Gasteiger charge is 2.35. The first-order valence-electron chi connectivity index (χ1n) is 7.85. The third-order valence-electron chi connectivity index (χ3n) is 4.22. The molecule has 1 aromatic carbocycles. The predicted octanol–water partition coefficient (Wildman–Crippen LogP) is 2.72. The summed E-state index contributed by atoms with van der Waals surface area (Å²) in [4.78, 5) is 31.6. The fraction of sp³-hybridized carbons (Fsp3) is 0.235. The number of nitrogens with one attached hydrogen (secondary N) is 1. The molecule has 0 saturated carbocycles. The Bertz CT molecular complexity index is 905. The Labute approximate surface area is 153 Å². The molecule has 128 valence electrons. The Morgan fingerprint density at radius 1 is 1.36 bits per heavy atom. The zero-order valence-electron chi connectivity index (χ0n) is 13.2. The number of carbonyl (C=O) groups is 2. The number of imidazole rings is 1. The topological polar surface area (TPSA) is 66.7 Å². The predicted molar refractivity (Wildman–Crippen MR) is 96.8 cm³/mol. The van der Waals surface area contributed by atoms with Crippen LogP contribution in [0.2, 0.25) is 5.02 Å².